The molecule has 20 heavy (non-hydrogen) atoms. The van der Waals surface area contributed by atoms with Crippen LogP contribution in [0.15, 0.2) is 29.2 Å². The molecular weight excluding hydrogens is 282 g/mol. The topological polar surface area (TPSA) is 101 Å². The molecule has 0 aliphatic carbocycles. The minimum Gasteiger partial charge on any atom is -0.481 e. The zero-order chi connectivity index (χ0) is 15.2. The predicted octanol–water partition coefficient (Wildman–Crippen LogP) is 0.614. The minimum atomic E-state index is -3.69. The van der Waals surface area contributed by atoms with Gasteiger partial charge in [0.1, 0.15) is 5.75 Å². The van der Waals surface area contributed by atoms with E-state index in [0.29, 0.717) is 12.1 Å². The Labute approximate surface area is 117 Å². The maximum Gasteiger partial charge on any atom is 0.307 e. The van der Waals surface area contributed by atoms with Gasteiger partial charge in [0.2, 0.25) is 5.91 Å². The van der Waals surface area contributed by atoms with Gasteiger partial charge in [0, 0.05) is 6.54 Å². The first-order valence-corrected chi connectivity index (χ1v) is 7.80. The molecule has 0 spiro atoms. The molecule has 0 atom stereocenters. The van der Waals surface area contributed by atoms with Crippen LogP contribution in [0.5, 0.6) is 0 Å². The fraction of sp³-hybridized carbons (Fsp3) is 0.385. The van der Waals surface area contributed by atoms with E-state index in [0.717, 1.165) is 6.42 Å². The molecule has 0 heterocycles. The van der Waals surface area contributed by atoms with E-state index >= 15 is 0 Å². The van der Waals surface area contributed by atoms with Crippen molar-refractivity contribution in [3.05, 3.63) is 29.8 Å². The van der Waals surface area contributed by atoms with Crippen LogP contribution in [-0.4, -0.2) is 37.7 Å². The second-order valence-electron chi connectivity index (χ2n) is 4.32. The second-order valence-corrected chi connectivity index (χ2v) is 6.31. The summed E-state index contributed by atoms with van der Waals surface area (Å²) < 4.78 is 23.9. The number of carboxylic acid groups (broad SMARTS) is 1. The Morgan fingerprint density at radius 3 is 2.30 bits per heavy atom. The van der Waals surface area contributed by atoms with E-state index in [1.807, 2.05) is 6.92 Å². The minimum absolute atomic E-state index is 0.0123. The summed E-state index contributed by atoms with van der Waals surface area (Å²) >= 11 is 0. The van der Waals surface area contributed by atoms with Crippen LogP contribution >= 0.6 is 0 Å². The van der Waals surface area contributed by atoms with Crippen LogP contribution in [0, 0.1) is 0 Å². The van der Waals surface area contributed by atoms with Crippen molar-refractivity contribution < 1.29 is 23.1 Å². The van der Waals surface area contributed by atoms with E-state index in [1.165, 1.54) is 24.3 Å². The normalized spacial score (nSPS) is 11.1. The number of carbonyl (C=O) groups is 2. The van der Waals surface area contributed by atoms with Gasteiger partial charge in [-0.25, -0.2) is 8.42 Å². The number of aliphatic carboxylic acids is 1. The molecule has 0 unspecified atom stereocenters. The number of nitrogens with one attached hydrogen (secondary N) is 1. The Kier molecular flexibility index (Phi) is 5.69. The van der Waals surface area contributed by atoms with E-state index in [9.17, 15) is 18.0 Å². The highest BCUT2D eigenvalue weighted by Gasteiger charge is 2.19. The van der Waals surface area contributed by atoms with Gasteiger partial charge in [-0.15, -0.1) is 0 Å². The molecule has 1 amide bonds. The number of rotatable bonds is 7. The molecule has 7 heteroatoms. The van der Waals surface area contributed by atoms with Gasteiger partial charge in [0.05, 0.1) is 11.3 Å². The molecule has 0 aliphatic rings. The first kappa shape index (κ1) is 16.2. The van der Waals surface area contributed by atoms with Gasteiger partial charge in [-0.2, -0.15) is 0 Å². The smallest absolute Gasteiger partial charge is 0.307 e. The fourth-order valence-corrected chi connectivity index (χ4v) is 2.73. The molecule has 1 aromatic carbocycles. The van der Waals surface area contributed by atoms with Crippen molar-refractivity contribution in [1.82, 2.24) is 5.32 Å². The SMILES string of the molecule is CCCNC(=O)CS(=O)(=O)c1ccc(CC(=O)O)cc1. The lowest BCUT2D eigenvalue weighted by molar-refractivity contribution is -0.136. The van der Waals surface area contributed by atoms with Crippen LogP contribution in [0.3, 0.4) is 0 Å². The van der Waals surface area contributed by atoms with Gasteiger partial charge in [-0.05, 0) is 24.1 Å². The zero-order valence-corrected chi connectivity index (χ0v) is 11.9. The third-order valence-corrected chi connectivity index (χ3v) is 4.16. The third kappa shape index (κ3) is 5.00. The zero-order valence-electron chi connectivity index (χ0n) is 11.1. The predicted molar refractivity (Wildman–Crippen MR) is 73.1 cm³/mol. The first-order valence-electron chi connectivity index (χ1n) is 6.15. The van der Waals surface area contributed by atoms with Gasteiger partial charge in [-0.1, -0.05) is 19.1 Å². The molecule has 1 aromatic rings. The Bertz CT molecular complexity index is 577. The summed E-state index contributed by atoms with van der Waals surface area (Å²) in [5.74, 6) is -2.13. The molecule has 110 valence electrons. The van der Waals surface area contributed by atoms with Gasteiger partial charge in [0.15, 0.2) is 9.84 Å². The highest BCUT2D eigenvalue weighted by Crippen LogP contribution is 2.13. The number of benzene rings is 1. The average Bonchev–Trinajstić information content (AvgIpc) is 2.35. The van der Waals surface area contributed by atoms with E-state index < -0.39 is 27.5 Å². The van der Waals surface area contributed by atoms with Crippen molar-refractivity contribution in [2.45, 2.75) is 24.7 Å². The maximum absolute atomic E-state index is 12.0. The summed E-state index contributed by atoms with van der Waals surface area (Å²) in [6, 6.07) is 5.51. The van der Waals surface area contributed by atoms with E-state index in [2.05, 4.69) is 5.32 Å². The highest BCUT2D eigenvalue weighted by atomic mass is 32.2. The van der Waals surface area contributed by atoms with Crippen molar-refractivity contribution in [3.8, 4) is 0 Å². The summed E-state index contributed by atoms with van der Waals surface area (Å²) in [6.07, 6.45) is 0.562. The Morgan fingerprint density at radius 2 is 1.80 bits per heavy atom. The van der Waals surface area contributed by atoms with Crippen LogP contribution in [0.1, 0.15) is 18.9 Å². The van der Waals surface area contributed by atoms with E-state index in [1.54, 1.807) is 0 Å². The van der Waals surface area contributed by atoms with Crippen molar-refractivity contribution in [2.75, 3.05) is 12.3 Å². The van der Waals surface area contributed by atoms with Gasteiger partial charge in [-0.3, -0.25) is 9.59 Å². The quantitative estimate of drug-likeness (QED) is 0.768. The molecule has 1 rings (SSSR count). The van der Waals surface area contributed by atoms with Crippen LogP contribution in [0.25, 0.3) is 0 Å². The highest BCUT2D eigenvalue weighted by molar-refractivity contribution is 7.92. The molecule has 0 aromatic heterocycles. The largest absolute Gasteiger partial charge is 0.481 e. The summed E-state index contributed by atoms with van der Waals surface area (Å²) in [5, 5.41) is 11.1. The lowest BCUT2D eigenvalue weighted by atomic mass is 10.2. The molecule has 0 saturated heterocycles. The molecule has 0 bridgehead atoms. The van der Waals surface area contributed by atoms with Crippen molar-refractivity contribution in [2.24, 2.45) is 0 Å². The number of hydrogen-bond acceptors (Lipinski definition) is 4. The number of amides is 1. The third-order valence-electron chi connectivity index (χ3n) is 2.53. The first-order chi connectivity index (χ1) is 9.35. The Hall–Kier alpha value is -1.89. The molecule has 0 radical (unpaired) electrons. The monoisotopic (exact) mass is 299 g/mol. The molecule has 6 nitrogen and oxygen atoms in total. The van der Waals surface area contributed by atoms with Crippen molar-refractivity contribution in [3.63, 3.8) is 0 Å². The molecule has 0 aliphatic heterocycles. The Balaban J connectivity index is 2.77. The summed E-state index contributed by atoms with van der Waals surface area (Å²) in [6.45, 7) is 2.31. The van der Waals surface area contributed by atoms with Crippen molar-refractivity contribution in [1.29, 1.82) is 0 Å². The number of hydrogen-bond donors (Lipinski definition) is 2. The van der Waals surface area contributed by atoms with Gasteiger partial charge in [0.25, 0.3) is 0 Å². The van der Waals surface area contributed by atoms with Crippen LogP contribution < -0.4 is 5.32 Å². The Morgan fingerprint density at radius 1 is 1.20 bits per heavy atom. The summed E-state index contributed by atoms with van der Waals surface area (Å²) in [5.41, 5.74) is 0.506. The van der Waals surface area contributed by atoms with E-state index in [-0.39, 0.29) is 11.3 Å². The number of carboxylic acids is 1. The van der Waals surface area contributed by atoms with Crippen molar-refractivity contribution >= 4 is 21.7 Å². The standard InChI is InChI=1S/C13H17NO5S/c1-2-7-14-12(15)9-20(18,19)11-5-3-10(4-6-11)8-13(16)17/h3-6H,2,7-9H2,1H3,(H,14,15)(H,16,17). The van der Waals surface area contributed by atoms with Gasteiger partial charge < -0.3 is 10.4 Å². The average molecular weight is 299 g/mol. The number of carbonyl (C=O) groups excluding carboxylic acids is 1. The van der Waals surface area contributed by atoms with Crippen LogP contribution in [0.4, 0.5) is 0 Å². The summed E-state index contributed by atoms with van der Waals surface area (Å²) in [4.78, 5) is 22.0. The number of sulfone groups is 1. The second kappa shape index (κ2) is 7.04. The van der Waals surface area contributed by atoms with Crippen LogP contribution in [0.2, 0.25) is 0 Å². The molecule has 2 N–H and O–H groups in total. The lowest BCUT2D eigenvalue weighted by Gasteiger charge is -2.06. The fourth-order valence-electron chi connectivity index (χ4n) is 1.56. The molecular formula is C13H17NO5S. The van der Waals surface area contributed by atoms with Gasteiger partial charge >= 0.3 is 5.97 Å². The molecule has 0 saturated carbocycles. The summed E-state index contributed by atoms with van der Waals surface area (Å²) in [7, 11) is -3.69. The maximum atomic E-state index is 12.0. The lowest BCUT2D eigenvalue weighted by Crippen LogP contribution is -2.30. The molecule has 0 fully saturated rings. The van der Waals surface area contributed by atoms with E-state index in [4.69, 9.17) is 5.11 Å². The van der Waals surface area contributed by atoms with Crippen LogP contribution in [-0.2, 0) is 25.8 Å².